The number of ether oxygens (including phenoxy) is 2. The van der Waals surface area contributed by atoms with Crippen molar-refractivity contribution in [3.63, 3.8) is 0 Å². The minimum atomic E-state index is -5.46. The first kappa shape index (κ1) is 28.2. The van der Waals surface area contributed by atoms with Gasteiger partial charge in [-0.3, -0.25) is 11.1 Å². The predicted molar refractivity (Wildman–Crippen MR) is 111 cm³/mol. The Morgan fingerprint density at radius 2 is 1.42 bits per heavy atom. The van der Waals surface area contributed by atoms with E-state index in [4.69, 9.17) is 10.5 Å². The molecule has 13 heteroatoms. The van der Waals surface area contributed by atoms with E-state index >= 15 is 0 Å². The van der Waals surface area contributed by atoms with Crippen LogP contribution in [0, 0.1) is 11.7 Å². The molecule has 36 heavy (non-hydrogen) atoms. The van der Waals surface area contributed by atoms with Gasteiger partial charge in [-0.1, -0.05) is 12.1 Å². The molecule has 1 aromatic rings. The van der Waals surface area contributed by atoms with E-state index in [-0.39, 0.29) is 31.0 Å². The maximum Gasteiger partial charge on any atom is 0.490 e. The van der Waals surface area contributed by atoms with Crippen molar-refractivity contribution >= 4 is 11.9 Å². The third-order valence-corrected chi connectivity index (χ3v) is 6.74. The topological polar surface area (TPSA) is 90.7 Å². The van der Waals surface area contributed by atoms with Gasteiger partial charge >= 0.3 is 24.3 Å². The third-order valence-electron chi connectivity index (χ3n) is 6.74. The molecule has 3 N–H and O–H groups in total. The number of benzene rings is 1. The Morgan fingerprint density at radius 1 is 0.889 bits per heavy atom. The van der Waals surface area contributed by atoms with Gasteiger partial charge in [-0.05, 0) is 68.6 Å². The molecule has 0 amide bonds. The first-order valence-corrected chi connectivity index (χ1v) is 11.5. The lowest BCUT2D eigenvalue weighted by atomic mass is 9.79. The number of rotatable bonds is 6. The van der Waals surface area contributed by atoms with E-state index in [1.165, 1.54) is 12.1 Å². The standard InChI is InChI=1S/C23H27F7N2O4/c24-16-7-3-14(4-8-16)13-15-5-9-17(10-6-15)32-21(36-19(34)23(28,29)30)12-2-1-11-20(21,31)35-18(33)22(25,26)27/h3-4,7-8,15,17,32H,1-2,5-6,9-13,31H2/t15?,17?,20-,21-/m1/s1. The van der Waals surface area contributed by atoms with E-state index in [1.807, 2.05) is 0 Å². The van der Waals surface area contributed by atoms with E-state index in [0.717, 1.165) is 5.56 Å². The van der Waals surface area contributed by atoms with E-state index < -0.39 is 48.2 Å². The predicted octanol–water partition coefficient (Wildman–Crippen LogP) is 4.65. The van der Waals surface area contributed by atoms with Crippen molar-refractivity contribution in [1.29, 1.82) is 0 Å². The molecule has 3 rings (SSSR count). The van der Waals surface area contributed by atoms with Crippen LogP contribution in [0.25, 0.3) is 0 Å². The molecule has 2 saturated carbocycles. The molecule has 0 radical (unpaired) electrons. The van der Waals surface area contributed by atoms with Crippen LogP contribution in [0.1, 0.15) is 56.9 Å². The van der Waals surface area contributed by atoms with Crippen LogP contribution in [0.4, 0.5) is 30.7 Å². The zero-order chi connectivity index (χ0) is 26.8. The molecule has 202 valence electrons. The highest BCUT2D eigenvalue weighted by atomic mass is 19.4. The molecule has 0 aliphatic heterocycles. The Balaban J connectivity index is 1.78. The van der Waals surface area contributed by atoms with Crippen LogP contribution in [-0.2, 0) is 25.5 Å². The minimum absolute atomic E-state index is 0.138. The second-order valence-electron chi connectivity index (χ2n) is 9.39. The molecule has 0 bridgehead atoms. The molecule has 2 aliphatic rings. The fourth-order valence-electron chi connectivity index (χ4n) is 4.90. The fraction of sp³-hybridized carbons (Fsp3) is 0.652. The lowest BCUT2D eigenvalue weighted by Crippen LogP contribution is -2.75. The third kappa shape index (κ3) is 6.67. The van der Waals surface area contributed by atoms with Gasteiger partial charge in [0.25, 0.3) is 0 Å². The summed E-state index contributed by atoms with van der Waals surface area (Å²) >= 11 is 0. The molecule has 2 aliphatic carbocycles. The van der Waals surface area contributed by atoms with Gasteiger partial charge in [0, 0.05) is 18.9 Å². The Bertz CT molecular complexity index is 930. The van der Waals surface area contributed by atoms with Gasteiger partial charge in [0.15, 0.2) is 0 Å². The van der Waals surface area contributed by atoms with Crippen molar-refractivity contribution < 1.29 is 49.8 Å². The maximum absolute atomic E-state index is 13.1. The monoisotopic (exact) mass is 528 g/mol. The van der Waals surface area contributed by atoms with Gasteiger partial charge in [0.2, 0.25) is 11.4 Å². The van der Waals surface area contributed by atoms with Crippen LogP contribution in [-0.4, -0.2) is 41.8 Å². The normalized spacial score (nSPS) is 29.4. The van der Waals surface area contributed by atoms with E-state index in [9.17, 15) is 40.3 Å². The molecule has 2 fully saturated rings. The highest BCUT2D eigenvalue weighted by Crippen LogP contribution is 2.42. The number of carbonyl (C=O) groups is 2. The second-order valence-corrected chi connectivity index (χ2v) is 9.39. The molecule has 0 heterocycles. The quantitative estimate of drug-likeness (QED) is 0.317. The maximum atomic E-state index is 13.1. The first-order valence-electron chi connectivity index (χ1n) is 11.5. The summed E-state index contributed by atoms with van der Waals surface area (Å²) in [4.78, 5) is 23.4. The van der Waals surface area contributed by atoms with Gasteiger partial charge < -0.3 is 9.47 Å². The number of carbonyl (C=O) groups excluding carboxylic acids is 2. The summed E-state index contributed by atoms with van der Waals surface area (Å²) in [6.45, 7) is 0. The highest BCUT2D eigenvalue weighted by molar-refractivity contribution is 5.77. The Morgan fingerprint density at radius 3 is 1.97 bits per heavy atom. The number of alkyl halides is 6. The van der Waals surface area contributed by atoms with E-state index in [2.05, 4.69) is 10.1 Å². The molecular weight excluding hydrogens is 501 g/mol. The first-order chi connectivity index (χ1) is 16.6. The van der Waals surface area contributed by atoms with Crippen molar-refractivity contribution in [3.05, 3.63) is 35.6 Å². The molecule has 0 aromatic heterocycles. The molecule has 1 aromatic carbocycles. The lowest BCUT2D eigenvalue weighted by Gasteiger charge is -2.51. The molecule has 0 spiro atoms. The lowest BCUT2D eigenvalue weighted by molar-refractivity contribution is -0.271. The number of nitrogens with one attached hydrogen (secondary N) is 1. The van der Waals surface area contributed by atoms with Crippen LogP contribution in [0.3, 0.4) is 0 Å². The summed E-state index contributed by atoms with van der Waals surface area (Å²) in [5.41, 5.74) is 1.73. The van der Waals surface area contributed by atoms with Crippen molar-refractivity contribution in [3.8, 4) is 0 Å². The van der Waals surface area contributed by atoms with Crippen molar-refractivity contribution in [2.45, 2.75) is 87.6 Å². The van der Waals surface area contributed by atoms with Gasteiger partial charge in [0.05, 0.1) is 0 Å². The van der Waals surface area contributed by atoms with Gasteiger partial charge in [-0.15, -0.1) is 0 Å². The summed E-state index contributed by atoms with van der Waals surface area (Å²) in [7, 11) is 0. The second kappa shape index (κ2) is 10.5. The van der Waals surface area contributed by atoms with Gasteiger partial charge in [-0.25, -0.2) is 14.0 Å². The van der Waals surface area contributed by atoms with Crippen LogP contribution < -0.4 is 11.1 Å². The molecule has 0 saturated heterocycles. The van der Waals surface area contributed by atoms with Crippen LogP contribution in [0.15, 0.2) is 24.3 Å². The van der Waals surface area contributed by atoms with Crippen LogP contribution in [0.5, 0.6) is 0 Å². The largest absolute Gasteiger partial charge is 0.490 e. The average Bonchev–Trinajstić information content (AvgIpc) is 2.77. The van der Waals surface area contributed by atoms with Gasteiger partial charge in [0.1, 0.15) is 5.82 Å². The number of esters is 2. The highest BCUT2D eigenvalue weighted by Gasteiger charge is 2.62. The smallest absolute Gasteiger partial charge is 0.432 e. The number of hydrogen-bond donors (Lipinski definition) is 2. The summed E-state index contributed by atoms with van der Waals surface area (Å²) in [5.74, 6) is -5.53. The van der Waals surface area contributed by atoms with E-state index in [1.54, 1.807) is 12.1 Å². The molecular formula is C23H27F7N2O4. The number of halogens is 7. The fourth-order valence-corrected chi connectivity index (χ4v) is 4.90. The van der Waals surface area contributed by atoms with Crippen molar-refractivity contribution in [2.24, 2.45) is 11.7 Å². The summed E-state index contributed by atoms with van der Waals surface area (Å²) in [5, 5.41) is 2.75. The summed E-state index contributed by atoms with van der Waals surface area (Å²) < 4.78 is 100. The molecule has 0 unspecified atom stereocenters. The molecule has 2 atom stereocenters. The number of nitrogens with two attached hydrogens (primary N) is 1. The SMILES string of the molecule is N[C@@]1(OC(=O)C(F)(F)F)CCCC[C@@]1(NC1CCC(Cc2ccc(F)cc2)CC1)OC(=O)C(F)(F)F. The zero-order valence-electron chi connectivity index (χ0n) is 19.2. The Labute approximate surface area is 202 Å². The summed E-state index contributed by atoms with van der Waals surface area (Å²) in [6.07, 6.45) is -8.82. The zero-order valence-corrected chi connectivity index (χ0v) is 19.2. The van der Waals surface area contributed by atoms with Crippen molar-refractivity contribution in [2.75, 3.05) is 0 Å². The average molecular weight is 528 g/mol. The van der Waals surface area contributed by atoms with Gasteiger partial charge in [-0.2, -0.15) is 26.3 Å². The summed E-state index contributed by atoms with van der Waals surface area (Å²) in [6, 6.07) is 5.43. The van der Waals surface area contributed by atoms with Crippen LogP contribution >= 0.6 is 0 Å². The Kier molecular flexibility index (Phi) is 8.23. The Hall–Kier alpha value is -2.41. The minimum Gasteiger partial charge on any atom is -0.432 e. The van der Waals surface area contributed by atoms with E-state index in [0.29, 0.717) is 32.1 Å². The van der Waals surface area contributed by atoms with Crippen molar-refractivity contribution in [1.82, 2.24) is 5.32 Å². The van der Waals surface area contributed by atoms with Crippen LogP contribution in [0.2, 0.25) is 0 Å². The number of hydrogen-bond acceptors (Lipinski definition) is 6. The molecule has 6 nitrogen and oxygen atoms in total.